The number of carbonyl (C=O) groups is 2. The maximum absolute atomic E-state index is 12.8. The standard InChI is InChI=1S/C34H36Br2N2O4/c1-5-21(3)23-13-15-31(27(35)17-23)41-19-33(39)37-29-11-7-10-26-25(29)9-8-12-30(26)38-34(40)20-42-32-16-14-24(18-28(32)36)22(4)6-2/h7-18,21-22H,5-6,19-20H2,1-4H3,(H,37,39)(H,38,40). The number of hydrogen-bond acceptors (Lipinski definition) is 4. The van der Waals surface area contributed by atoms with E-state index in [1.807, 2.05) is 72.8 Å². The molecule has 0 aliphatic carbocycles. The lowest BCUT2D eigenvalue weighted by Crippen LogP contribution is -2.21. The molecule has 4 rings (SSSR count). The van der Waals surface area contributed by atoms with Crippen LogP contribution < -0.4 is 20.1 Å². The number of rotatable bonds is 12. The van der Waals surface area contributed by atoms with Crippen LogP contribution >= 0.6 is 31.9 Å². The van der Waals surface area contributed by atoms with E-state index in [2.05, 4.69) is 70.2 Å². The zero-order valence-corrected chi connectivity index (χ0v) is 27.5. The van der Waals surface area contributed by atoms with Crippen LogP contribution in [0.4, 0.5) is 11.4 Å². The van der Waals surface area contributed by atoms with Crippen molar-refractivity contribution < 1.29 is 19.1 Å². The summed E-state index contributed by atoms with van der Waals surface area (Å²) in [6.07, 6.45) is 2.09. The van der Waals surface area contributed by atoms with Crippen LogP contribution in [0.25, 0.3) is 10.8 Å². The number of halogens is 2. The van der Waals surface area contributed by atoms with Crippen molar-refractivity contribution in [2.45, 2.75) is 52.4 Å². The molecule has 0 saturated heterocycles. The van der Waals surface area contributed by atoms with Gasteiger partial charge in [0.2, 0.25) is 0 Å². The first-order chi connectivity index (χ1) is 20.2. The van der Waals surface area contributed by atoms with Gasteiger partial charge in [0.15, 0.2) is 13.2 Å². The van der Waals surface area contributed by atoms with Crippen molar-refractivity contribution in [2.75, 3.05) is 23.8 Å². The second-order valence-corrected chi connectivity index (χ2v) is 12.1. The molecule has 0 bridgehead atoms. The van der Waals surface area contributed by atoms with Crippen LogP contribution in [-0.4, -0.2) is 25.0 Å². The van der Waals surface area contributed by atoms with Gasteiger partial charge in [-0.3, -0.25) is 9.59 Å². The second-order valence-electron chi connectivity index (χ2n) is 10.4. The number of ether oxygens (including phenoxy) is 2. The molecule has 0 aromatic heterocycles. The Bertz CT molecular complexity index is 1460. The second kappa shape index (κ2) is 14.7. The molecule has 2 N–H and O–H groups in total. The van der Waals surface area contributed by atoms with Gasteiger partial charge in [0.25, 0.3) is 11.8 Å². The van der Waals surface area contributed by atoms with Crippen LogP contribution in [-0.2, 0) is 9.59 Å². The molecular weight excluding hydrogens is 660 g/mol. The molecule has 0 spiro atoms. The zero-order chi connectivity index (χ0) is 30.2. The van der Waals surface area contributed by atoms with Crippen LogP contribution in [0.2, 0.25) is 0 Å². The van der Waals surface area contributed by atoms with E-state index < -0.39 is 0 Å². The van der Waals surface area contributed by atoms with Crippen LogP contribution in [0.1, 0.15) is 63.5 Å². The Hall–Kier alpha value is -3.36. The molecule has 8 heteroatoms. The van der Waals surface area contributed by atoms with Gasteiger partial charge in [0.1, 0.15) is 11.5 Å². The van der Waals surface area contributed by atoms with Crippen LogP contribution in [0.5, 0.6) is 11.5 Å². The number of nitrogens with one attached hydrogen (secondary N) is 2. The van der Waals surface area contributed by atoms with Gasteiger partial charge in [-0.2, -0.15) is 0 Å². The van der Waals surface area contributed by atoms with Crippen molar-refractivity contribution >= 4 is 65.8 Å². The number of carbonyl (C=O) groups excluding carboxylic acids is 2. The lowest BCUT2D eigenvalue weighted by atomic mass is 9.99. The molecule has 6 nitrogen and oxygen atoms in total. The van der Waals surface area contributed by atoms with Gasteiger partial charge >= 0.3 is 0 Å². The quantitative estimate of drug-likeness (QED) is 0.155. The fourth-order valence-electron chi connectivity index (χ4n) is 4.54. The molecule has 4 aromatic rings. The highest BCUT2D eigenvalue weighted by molar-refractivity contribution is 9.10. The Labute approximate surface area is 264 Å². The molecule has 0 fully saturated rings. The molecule has 42 heavy (non-hydrogen) atoms. The molecule has 0 radical (unpaired) electrons. The average molecular weight is 696 g/mol. The number of amides is 2. The SMILES string of the molecule is CCC(C)c1ccc(OCC(=O)Nc2cccc3c(NC(=O)COc4ccc(C(C)CC)cc4Br)cccc23)c(Br)c1. The Morgan fingerprint density at radius 3 is 1.43 bits per heavy atom. The summed E-state index contributed by atoms with van der Waals surface area (Å²) in [5.74, 6) is 1.55. The van der Waals surface area contributed by atoms with E-state index in [-0.39, 0.29) is 25.0 Å². The molecule has 0 heterocycles. The van der Waals surface area contributed by atoms with Gasteiger partial charge in [0.05, 0.1) is 8.95 Å². The van der Waals surface area contributed by atoms with E-state index in [9.17, 15) is 9.59 Å². The van der Waals surface area contributed by atoms with Gasteiger partial charge in [-0.25, -0.2) is 0 Å². The third kappa shape index (κ3) is 7.92. The van der Waals surface area contributed by atoms with Crippen molar-refractivity contribution in [1.82, 2.24) is 0 Å². The Kier molecular flexibility index (Phi) is 11.0. The van der Waals surface area contributed by atoms with Crippen molar-refractivity contribution in [3.05, 3.63) is 92.9 Å². The average Bonchev–Trinajstić information content (AvgIpc) is 2.99. The molecule has 2 atom stereocenters. The minimum absolute atomic E-state index is 0.140. The first kappa shape index (κ1) is 31.6. The van der Waals surface area contributed by atoms with Crippen molar-refractivity contribution in [1.29, 1.82) is 0 Å². The normalized spacial score (nSPS) is 12.4. The highest BCUT2D eigenvalue weighted by atomic mass is 79.9. The summed E-state index contributed by atoms with van der Waals surface area (Å²) in [5, 5.41) is 7.48. The van der Waals surface area contributed by atoms with Gasteiger partial charge in [-0.1, -0.05) is 64.1 Å². The Balaban J connectivity index is 1.38. The molecule has 0 saturated carbocycles. The number of anilines is 2. The van der Waals surface area contributed by atoms with E-state index >= 15 is 0 Å². The fraction of sp³-hybridized carbons (Fsp3) is 0.294. The number of hydrogen-bond donors (Lipinski definition) is 2. The summed E-state index contributed by atoms with van der Waals surface area (Å²) >= 11 is 7.12. The van der Waals surface area contributed by atoms with Crippen molar-refractivity contribution in [2.24, 2.45) is 0 Å². The molecule has 0 aliphatic rings. The first-order valence-corrected chi connectivity index (χ1v) is 15.7. The predicted molar refractivity (Wildman–Crippen MR) is 178 cm³/mol. The van der Waals surface area contributed by atoms with E-state index in [1.54, 1.807) is 0 Å². The summed E-state index contributed by atoms with van der Waals surface area (Å²) in [6.45, 7) is 8.38. The van der Waals surface area contributed by atoms with E-state index in [0.717, 1.165) is 32.6 Å². The van der Waals surface area contributed by atoms with E-state index in [0.29, 0.717) is 34.7 Å². The monoisotopic (exact) mass is 694 g/mol. The number of benzene rings is 4. The van der Waals surface area contributed by atoms with Crippen molar-refractivity contribution in [3.8, 4) is 11.5 Å². The minimum Gasteiger partial charge on any atom is -0.483 e. The molecule has 220 valence electrons. The summed E-state index contributed by atoms with van der Waals surface area (Å²) in [7, 11) is 0. The fourth-order valence-corrected chi connectivity index (χ4v) is 5.56. The Morgan fingerprint density at radius 1 is 0.667 bits per heavy atom. The van der Waals surface area contributed by atoms with Gasteiger partial charge < -0.3 is 20.1 Å². The highest BCUT2D eigenvalue weighted by Gasteiger charge is 2.14. The predicted octanol–water partition coefficient (Wildman–Crippen LogP) is 9.43. The first-order valence-electron chi connectivity index (χ1n) is 14.2. The molecular formula is C34H36Br2N2O4. The van der Waals surface area contributed by atoms with Crippen molar-refractivity contribution in [3.63, 3.8) is 0 Å². The van der Waals surface area contributed by atoms with Gasteiger partial charge in [-0.15, -0.1) is 0 Å². The highest BCUT2D eigenvalue weighted by Crippen LogP contribution is 2.32. The lowest BCUT2D eigenvalue weighted by molar-refractivity contribution is -0.118. The number of fused-ring (bicyclic) bond motifs is 1. The van der Waals surface area contributed by atoms with Crippen LogP contribution in [0.3, 0.4) is 0 Å². The molecule has 2 amide bonds. The largest absolute Gasteiger partial charge is 0.483 e. The Morgan fingerprint density at radius 2 is 1.07 bits per heavy atom. The van der Waals surface area contributed by atoms with Crippen LogP contribution in [0, 0.1) is 0 Å². The smallest absolute Gasteiger partial charge is 0.262 e. The summed E-state index contributed by atoms with van der Waals surface area (Å²) in [4.78, 5) is 25.6. The third-order valence-corrected chi connectivity index (χ3v) is 8.70. The van der Waals surface area contributed by atoms with Crippen LogP contribution in [0.15, 0.2) is 81.7 Å². The van der Waals surface area contributed by atoms with E-state index in [4.69, 9.17) is 9.47 Å². The molecule has 0 aliphatic heterocycles. The van der Waals surface area contributed by atoms with Gasteiger partial charge in [-0.05, 0) is 104 Å². The van der Waals surface area contributed by atoms with E-state index in [1.165, 1.54) is 11.1 Å². The molecule has 4 aromatic carbocycles. The third-order valence-electron chi connectivity index (χ3n) is 7.46. The summed E-state index contributed by atoms with van der Waals surface area (Å²) < 4.78 is 13.2. The van der Waals surface area contributed by atoms with Gasteiger partial charge in [0, 0.05) is 22.1 Å². The maximum atomic E-state index is 12.8. The molecule has 2 unspecified atom stereocenters. The topological polar surface area (TPSA) is 76.7 Å². The summed E-state index contributed by atoms with van der Waals surface area (Å²) in [5.41, 5.74) is 3.69. The minimum atomic E-state index is -0.284. The zero-order valence-electron chi connectivity index (χ0n) is 24.3. The maximum Gasteiger partial charge on any atom is 0.262 e. The lowest BCUT2D eigenvalue weighted by Gasteiger charge is -2.15. The summed E-state index contributed by atoms with van der Waals surface area (Å²) in [6, 6.07) is 23.0.